The van der Waals surface area contributed by atoms with Crippen LogP contribution < -0.4 is 30.1 Å². The van der Waals surface area contributed by atoms with Gasteiger partial charge in [-0.1, -0.05) is 47.0 Å². The second kappa shape index (κ2) is 17.1. The van der Waals surface area contributed by atoms with E-state index in [2.05, 4.69) is 19.2 Å². The summed E-state index contributed by atoms with van der Waals surface area (Å²) < 4.78 is 0. The fourth-order valence-electron chi connectivity index (χ4n) is 2.80. The van der Waals surface area contributed by atoms with E-state index in [4.69, 9.17) is 5.73 Å². The van der Waals surface area contributed by atoms with Gasteiger partial charge in [-0.05, 0) is 31.1 Å². The Hall–Kier alpha value is 0.234. The van der Waals surface area contributed by atoms with Crippen LogP contribution in [-0.2, 0) is 31.3 Å². The molecule has 0 bridgehead atoms. The Morgan fingerprint density at radius 3 is 1.91 bits per heavy atom. The van der Waals surface area contributed by atoms with Crippen LogP contribution in [0.3, 0.4) is 0 Å². The number of hydrogen-bond donors (Lipinski definition) is 1. The van der Waals surface area contributed by atoms with E-state index in [1.165, 1.54) is 38.5 Å². The SMILES string of the molecule is CCC(=O)NC1CCCC(CC)(CC)C1.CCC([NH-])=O.[Cl-].[Cl-].[Ti+3]. The van der Waals surface area contributed by atoms with E-state index in [0.29, 0.717) is 24.3 Å². The number of nitrogens with one attached hydrogen (secondary N) is 2. The van der Waals surface area contributed by atoms with Gasteiger partial charge in [0.25, 0.3) is 0 Å². The minimum Gasteiger partial charge on any atom is -1.00 e. The number of carbonyl (C=O) groups is 2. The molecule has 0 spiro atoms. The summed E-state index contributed by atoms with van der Waals surface area (Å²) in [6.07, 6.45) is 8.43. The van der Waals surface area contributed by atoms with E-state index in [0.717, 1.165) is 0 Å². The van der Waals surface area contributed by atoms with Crippen molar-refractivity contribution in [1.82, 2.24) is 5.32 Å². The zero-order valence-electron chi connectivity index (χ0n) is 14.8. The first-order chi connectivity index (χ1) is 9.42. The summed E-state index contributed by atoms with van der Waals surface area (Å²) >= 11 is 0. The van der Waals surface area contributed by atoms with Gasteiger partial charge in [0.2, 0.25) is 5.91 Å². The molecule has 4 nitrogen and oxygen atoms in total. The third-order valence-electron chi connectivity index (χ3n) is 4.45. The van der Waals surface area contributed by atoms with Gasteiger partial charge in [0.05, 0.1) is 0 Å². The predicted octanol–water partition coefficient (Wildman–Crippen LogP) is -1.76. The molecule has 2 N–H and O–H groups in total. The largest absolute Gasteiger partial charge is 3.00 e. The summed E-state index contributed by atoms with van der Waals surface area (Å²) in [6.45, 7) is 8.15. The standard InChI is InChI=1S/C13H25NO.C3H7NO.2ClH.Ti/c1-4-12(15)14-11-8-7-9-13(5-2,6-3)10-11;1-2-3(4)5;;;/h11H,4-10H2,1-3H3,(H,14,15);2H2,1H3,(H2,4,5);2*1H;/q;;;;+3/p-3. The average molecular weight is 402 g/mol. The van der Waals surface area contributed by atoms with Crippen LogP contribution in [0, 0.1) is 5.41 Å². The third kappa shape index (κ3) is 13.2. The van der Waals surface area contributed by atoms with E-state index in [1.807, 2.05) is 6.92 Å². The molecule has 1 aliphatic carbocycles. The predicted molar refractivity (Wildman–Crippen MR) is 83.3 cm³/mol. The van der Waals surface area contributed by atoms with Crippen LogP contribution in [0.1, 0.15) is 79.1 Å². The molecule has 0 aromatic heterocycles. The maximum Gasteiger partial charge on any atom is 3.00 e. The quantitative estimate of drug-likeness (QED) is 0.554. The number of amides is 2. The van der Waals surface area contributed by atoms with Crippen molar-refractivity contribution in [3.05, 3.63) is 5.73 Å². The molecule has 1 fully saturated rings. The van der Waals surface area contributed by atoms with Crippen LogP contribution >= 0.6 is 0 Å². The number of carbonyl (C=O) groups excluding carboxylic acids is 2. The summed E-state index contributed by atoms with van der Waals surface area (Å²) in [5.74, 6) is -0.284. The summed E-state index contributed by atoms with van der Waals surface area (Å²) in [7, 11) is 0. The van der Waals surface area contributed by atoms with E-state index < -0.39 is 5.91 Å². The molecule has 1 radical (unpaired) electrons. The van der Waals surface area contributed by atoms with Crippen molar-refractivity contribution < 1.29 is 56.1 Å². The van der Waals surface area contributed by atoms with Gasteiger partial charge in [0.15, 0.2) is 0 Å². The second-order valence-electron chi connectivity index (χ2n) is 5.70. The Balaban J connectivity index is -0.000000199. The first-order valence-corrected chi connectivity index (χ1v) is 7.96. The van der Waals surface area contributed by atoms with Crippen molar-refractivity contribution >= 4 is 11.8 Å². The first-order valence-electron chi connectivity index (χ1n) is 7.96. The van der Waals surface area contributed by atoms with Gasteiger partial charge in [0.1, 0.15) is 0 Å². The molecular weight excluding hydrogens is 371 g/mol. The van der Waals surface area contributed by atoms with Gasteiger partial charge in [-0.2, -0.15) is 0 Å². The molecule has 7 heteroatoms. The third-order valence-corrected chi connectivity index (χ3v) is 4.45. The second-order valence-corrected chi connectivity index (χ2v) is 5.70. The summed E-state index contributed by atoms with van der Waals surface area (Å²) in [5.41, 5.74) is 6.69. The summed E-state index contributed by atoms with van der Waals surface area (Å²) in [5, 5.41) is 3.15. The monoisotopic (exact) mass is 401 g/mol. The molecule has 1 saturated carbocycles. The van der Waals surface area contributed by atoms with Crippen LogP contribution in [0.5, 0.6) is 0 Å². The average Bonchev–Trinajstić information content (AvgIpc) is 2.47. The van der Waals surface area contributed by atoms with Crippen LogP contribution in [0.4, 0.5) is 0 Å². The van der Waals surface area contributed by atoms with Crippen LogP contribution in [-0.4, -0.2) is 17.9 Å². The molecule has 2 amide bonds. The van der Waals surface area contributed by atoms with Crippen molar-refractivity contribution in [2.75, 3.05) is 0 Å². The molecule has 1 unspecified atom stereocenters. The van der Waals surface area contributed by atoms with Crippen LogP contribution in [0.2, 0.25) is 0 Å². The molecule has 1 aliphatic rings. The maximum absolute atomic E-state index is 11.4. The number of hydrogen-bond acceptors (Lipinski definition) is 2. The molecule has 0 heterocycles. The van der Waals surface area contributed by atoms with Crippen LogP contribution in [0.15, 0.2) is 0 Å². The number of halogens is 2. The fraction of sp³-hybridized carbons (Fsp3) is 0.875. The van der Waals surface area contributed by atoms with Gasteiger partial charge in [-0.3, -0.25) is 4.79 Å². The summed E-state index contributed by atoms with van der Waals surface area (Å²) in [4.78, 5) is 20.8. The minimum absolute atomic E-state index is 0. The van der Waals surface area contributed by atoms with Crippen molar-refractivity contribution in [3.8, 4) is 0 Å². The molecular formula is C16H31Cl2N2O2Ti. The van der Waals surface area contributed by atoms with Gasteiger partial charge in [-0.25, -0.2) is 0 Å². The Kier molecular flexibility index (Phi) is 23.0. The van der Waals surface area contributed by atoms with Crippen molar-refractivity contribution in [2.24, 2.45) is 5.41 Å². The van der Waals surface area contributed by atoms with E-state index in [9.17, 15) is 9.59 Å². The van der Waals surface area contributed by atoms with Crippen molar-refractivity contribution in [2.45, 2.75) is 85.1 Å². The fourth-order valence-corrected chi connectivity index (χ4v) is 2.80. The molecule has 0 aromatic rings. The van der Waals surface area contributed by atoms with Crippen molar-refractivity contribution in [3.63, 3.8) is 0 Å². The van der Waals surface area contributed by atoms with Gasteiger partial charge in [-0.15, -0.1) is 0 Å². The Bertz CT molecular complexity index is 314. The zero-order valence-corrected chi connectivity index (χ0v) is 17.9. The maximum atomic E-state index is 11.4. The smallest absolute Gasteiger partial charge is 1.00 e. The normalized spacial score (nSPS) is 17.8. The molecule has 0 aliphatic heterocycles. The Morgan fingerprint density at radius 2 is 1.57 bits per heavy atom. The van der Waals surface area contributed by atoms with E-state index in [1.54, 1.807) is 6.92 Å². The Labute approximate surface area is 169 Å². The van der Waals surface area contributed by atoms with Gasteiger partial charge < -0.3 is 40.7 Å². The molecule has 1 rings (SSSR count). The first kappa shape index (κ1) is 31.0. The molecule has 0 aromatic carbocycles. The molecule has 1 atom stereocenters. The minimum atomic E-state index is -0.495. The van der Waals surface area contributed by atoms with E-state index in [-0.39, 0.29) is 52.4 Å². The zero-order chi connectivity index (χ0) is 15.6. The number of rotatable bonds is 5. The molecule has 23 heavy (non-hydrogen) atoms. The van der Waals surface area contributed by atoms with Gasteiger partial charge in [0, 0.05) is 18.4 Å². The van der Waals surface area contributed by atoms with Crippen molar-refractivity contribution in [1.29, 1.82) is 0 Å². The molecule has 0 saturated heterocycles. The summed E-state index contributed by atoms with van der Waals surface area (Å²) in [6, 6.07) is 0.436. The van der Waals surface area contributed by atoms with Crippen LogP contribution in [0.25, 0.3) is 5.73 Å². The molecule has 135 valence electrons. The van der Waals surface area contributed by atoms with Gasteiger partial charge >= 0.3 is 21.7 Å². The van der Waals surface area contributed by atoms with E-state index >= 15 is 0 Å². The topological polar surface area (TPSA) is 70.0 Å². The Morgan fingerprint density at radius 1 is 1.09 bits per heavy atom.